The SMILES string of the molecule is CCCCCC[Si](CCCCCC)(CCCCCC)OCOCCOC. The van der Waals surface area contributed by atoms with Gasteiger partial charge >= 0.3 is 0 Å². The lowest BCUT2D eigenvalue weighted by Crippen LogP contribution is -2.39. The molecular weight excluding hydrogens is 340 g/mol. The van der Waals surface area contributed by atoms with Crippen LogP contribution in [-0.2, 0) is 13.9 Å². The van der Waals surface area contributed by atoms with Gasteiger partial charge < -0.3 is 13.9 Å². The first-order valence-electron chi connectivity index (χ1n) is 11.4. The van der Waals surface area contributed by atoms with Crippen molar-refractivity contribution in [3.8, 4) is 0 Å². The average molecular weight is 389 g/mol. The third kappa shape index (κ3) is 15.2. The van der Waals surface area contributed by atoms with Gasteiger partial charge in [0.05, 0.1) is 13.2 Å². The Hall–Kier alpha value is 0.0969. The van der Waals surface area contributed by atoms with Crippen molar-refractivity contribution in [2.24, 2.45) is 0 Å². The van der Waals surface area contributed by atoms with Gasteiger partial charge in [0.1, 0.15) is 6.79 Å². The first-order valence-corrected chi connectivity index (χ1v) is 14.0. The molecule has 0 aromatic heterocycles. The molecule has 0 aliphatic rings. The largest absolute Gasteiger partial charge is 0.395 e. The van der Waals surface area contributed by atoms with Crippen molar-refractivity contribution in [1.82, 2.24) is 0 Å². The molecule has 0 radical (unpaired) electrons. The van der Waals surface area contributed by atoms with Crippen LogP contribution in [-0.4, -0.2) is 35.4 Å². The van der Waals surface area contributed by atoms with Crippen LogP contribution < -0.4 is 0 Å². The summed E-state index contributed by atoms with van der Waals surface area (Å²) in [5.74, 6) is 0. The zero-order valence-electron chi connectivity index (χ0n) is 18.5. The van der Waals surface area contributed by atoms with Crippen molar-refractivity contribution in [1.29, 1.82) is 0 Å². The molecule has 0 unspecified atom stereocenters. The van der Waals surface area contributed by atoms with E-state index in [9.17, 15) is 0 Å². The van der Waals surface area contributed by atoms with Gasteiger partial charge in [-0.15, -0.1) is 0 Å². The molecule has 0 saturated carbocycles. The van der Waals surface area contributed by atoms with E-state index in [1.165, 1.54) is 95.2 Å². The second-order valence-electron chi connectivity index (χ2n) is 7.78. The van der Waals surface area contributed by atoms with E-state index in [0.29, 0.717) is 20.0 Å². The van der Waals surface area contributed by atoms with Gasteiger partial charge in [0.2, 0.25) is 0 Å². The van der Waals surface area contributed by atoms with Crippen LogP contribution in [0.15, 0.2) is 0 Å². The van der Waals surface area contributed by atoms with Gasteiger partial charge in [0.15, 0.2) is 8.32 Å². The molecule has 3 nitrogen and oxygen atoms in total. The molecule has 158 valence electrons. The zero-order chi connectivity index (χ0) is 19.3. The summed E-state index contributed by atoms with van der Waals surface area (Å²) in [6.07, 6.45) is 16.1. The maximum Gasteiger partial charge on any atom is 0.195 e. The second-order valence-corrected chi connectivity index (χ2v) is 11.9. The van der Waals surface area contributed by atoms with Crippen molar-refractivity contribution in [2.45, 2.75) is 116 Å². The Balaban J connectivity index is 4.63. The third-order valence-electron chi connectivity index (χ3n) is 5.34. The summed E-state index contributed by atoms with van der Waals surface area (Å²) in [5.41, 5.74) is 0. The zero-order valence-corrected chi connectivity index (χ0v) is 19.5. The smallest absolute Gasteiger partial charge is 0.195 e. The van der Waals surface area contributed by atoms with Crippen LogP contribution in [0.3, 0.4) is 0 Å². The number of ether oxygens (including phenoxy) is 2. The Kier molecular flexibility index (Phi) is 19.9. The van der Waals surface area contributed by atoms with E-state index in [2.05, 4.69) is 20.8 Å². The van der Waals surface area contributed by atoms with Crippen LogP contribution in [0.25, 0.3) is 0 Å². The topological polar surface area (TPSA) is 27.7 Å². The van der Waals surface area contributed by atoms with Crippen molar-refractivity contribution in [3.05, 3.63) is 0 Å². The number of hydrogen-bond acceptors (Lipinski definition) is 3. The van der Waals surface area contributed by atoms with E-state index in [1.54, 1.807) is 7.11 Å². The summed E-state index contributed by atoms with van der Waals surface area (Å²) in [6, 6.07) is 4.00. The molecule has 0 rings (SSSR count). The Morgan fingerprint density at radius 1 is 0.577 bits per heavy atom. The van der Waals surface area contributed by atoms with E-state index >= 15 is 0 Å². The Labute approximate surface area is 165 Å². The highest BCUT2D eigenvalue weighted by atomic mass is 28.4. The van der Waals surface area contributed by atoms with Crippen molar-refractivity contribution in [2.75, 3.05) is 27.1 Å². The van der Waals surface area contributed by atoms with Crippen LogP contribution in [0, 0.1) is 0 Å². The van der Waals surface area contributed by atoms with Crippen molar-refractivity contribution >= 4 is 8.32 Å². The first kappa shape index (κ1) is 26.1. The minimum absolute atomic E-state index is 0.477. The molecule has 0 aliphatic heterocycles. The second kappa shape index (κ2) is 19.8. The molecule has 0 N–H and O–H groups in total. The van der Waals surface area contributed by atoms with Gasteiger partial charge in [0, 0.05) is 7.11 Å². The number of methoxy groups -OCH3 is 1. The molecular formula is C22H48O3Si. The number of rotatable bonds is 21. The molecule has 0 bridgehead atoms. The standard InChI is InChI=1S/C22H48O3Si/c1-5-8-11-14-19-26(20-15-12-9-6-2,21-16-13-10-7-3)25-22-24-18-17-23-4/h5-22H2,1-4H3. The molecule has 0 atom stereocenters. The van der Waals surface area contributed by atoms with Crippen molar-refractivity contribution < 1.29 is 13.9 Å². The maximum absolute atomic E-state index is 6.58. The van der Waals surface area contributed by atoms with Crippen LogP contribution in [0.2, 0.25) is 18.1 Å². The molecule has 0 saturated heterocycles. The van der Waals surface area contributed by atoms with E-state index in [0.717, 1.165) is 0 Å². The Morgan fingerprint density at radius 3 is 1.42 bits per heavy atom. The molecule has 0 fully saturated rings. The normalized spacial score (nSPS) is 12.0. The molecule has 0 heterocycles. The van der Waals surface area contributed by atoms with E-state index in [4.69, 9.17) is 13.9 Å². The van der Waals surface area contributed by atoms with Crippen LogP contribution in [0.1, 0.15) is 97.8 Å². The van der Waals surface area contributed by atoms with Gasteiger partial charge in [-0.2, -0.15) is 0 Å². The van der Waals surface area contributed by atoms with E-state index < -0.39 is 8.32 Å². The van der Waals surface area contributed by atoms with Crippen molar-refractivity contribution in [3.63, 3.8) is 0 Å². The van der Waals surface area contributed by atoms with Crippen LogP contribution >= 0.6 is 0 Å². The summed E-state index contributed by atoms with van der Waals surface area (Å²) in [6.45, 7) is 8.65. The fourth-order valence-electron chi connectivity index (χ4n) is 3.58. The van der Waals surface area contributed by atoms with Gasteiger partial charge in [-0.25, -0.2) is 0 Å². The minimum atomic E-state index is -1.67. The summed E-state index contributed by atoms with van der Waals surface area (Å²) in [4.78, 5) is 0. The molecule has 0 amide bonds. The monoisotopic (exact) mass is 388 g/mol. The summed E-state index contributed by atoms with van der Waals surface area (Å²) in [7, 11) is 0.0492. The maximum atomic E-state index is 6.58. The minimum Gasteiger partial charge on any atom is -0.395 e. The lowest BCUT2D eigenvalue weighted by Gasteiger charge is -2.32. The van der Waals surface area contributed by atoms with Gasteiger partial charge in [-0.3, -0.25) is 0 Å². The molecule has 0 spiro atoms. The quantitative estimate of drug-likeness (QED) is 0.117. The molecule has 0 aromatic carbocycles. The summed E-state index contributed by atoms with van der Waals surface area (Å²) in [5, 5.41) is 0. The molecule has 0 aliphatic carbocycles. The lowest BCUT2D eigenvalue weighted by molar-refractivity contribution is -0.0147. The number of unbranched alkanes of at least 4 members (excludes halogenated alkanes) is 9. The third-order valence-corrected chi connectivity index (χ3v) is 9.86. The van der Waals surface area contributed by atoms with Gasteiger partial charge in [0.25, 0.3) is 0 Å². The predicted molar refractivity (Wildman–Crippen MR) is 116 cm³/mol. The summed E-state index contributed by atoms with van der Waals surface area (Å²) < 4.78 is 17.4. The van der Waals surface area contributed by atoms with Crippen LogP contribution in [0.5, 0.6) is 0 Å². The van der Waals surface area contributed by atoms with Crippen LogP contribution in [0.4, 0.5) is 0 Å². The summed E-state index contributed by atoms with van der Waals surface area (Å²) >= 11 is 0. The molecule has 4 heteroatoms. The number of hydrogen-bond donors (Lipinski definition) is 0. The predicted octanol–water partition coefficient (Wildman–Crippen LogP) is 7.31. The highest BCUT2D eigenvalue weighted by Gasteiger charge is 2.33. The Morgan fingerprint density at radius 2 is 1.04 bits per heavy atom. The van der Waals surface area contributed by atoms with E-state index in [1.807, 2.05) is 0 Å². The van der Waals surface area contributed by atoms with E-state index in [-0.39, 0.29) is 0 Å². The van der Waals surface area contributed by atoms with Gasteiger partial charge in [-0.05, 0) is 18.1 Å². The highest BCUT2D eigenvalue weighted by Crippen LogP contribution is 2.31. The fourth-order valence-corrected chi connectivity index (χ4v) is 7.78. The fraction of sp³-hybridized carbons (Fsp3) is 1.00. The molecule has 0 aromatic rings. The highest BCUT2D eigenvalue weighted by molar-refractivity contribution is 6.73. The molecule has 26 heavy (non-hydrogen) atoms. The van der Waals surface area contributed by atoms with Gasteiger partial charge in [-0.1, -0.05) is 97.8 Å². The average Bonchev–Trinajstić information content (AvgIpc) is 2.65. The first-order chi connectivity index (χ1) is 12.7. The lowest BCUT2D eigenvalue weighted by atomic mass is 10.2. The Bertz CT molecular complexity index is 243.